The fourth-order valence-corrected chi connectivity index (χ4v) is 9.61. The lowest BCUT2D eigenvalue weighted by molar-refractivity contribution is -0.379. The van der Waals surface area contributed by atoms with E-state index in [1.54, 1.807) is 0 Å². The van der Waals surface area contributed by atoms with Crippen molar-refractivity contribution in [3.63, 3.8) is 0 Å². The number of unbranched alkanes of at least 4 members (excludes halogenated alkanes) is 23. The second-order valence-corrected chi connectivity index (χ2v) is 20.1. The molecule has 3 saturated heterocycles. The molecule has 19 heteroatoms. The van der Waals surface area contributed by atoms with Crippen molar-refractivity contribution in [2.45, 2.75) is 291 Å². The Kier molecular flexibility index (Phi) is 33.1. The van der Waals surface area contributed by atoms with Crippen LogP contribution < -0.4 is 5.32 Å². The molecule has 0 aromatic heterocycles. The predicted molar refractivity (Wildman–Crippen MR) is 259 cm³/mol. The second-order valence-electron chi connectivity index (χ2n) is 20.1. The van der Waals surface area contributed by atoms with Gasteiger partial charge in [0, 0.05) is 6.42 Å². The first-order chi connectivity index (χ1) is 33.8. The molecule has 17 atom stereocenters. The Morgan fingerprint density at radius 3 is 1.24 bits per heavy atom. The Morgan fingerprint density at radius 2 is 0.814 bits per heavy atom. The van der Waals surface area contributed by atoms with Crippen LogP contribution >= 0.6 is 0 Å². The number of carbonyl (C=O) groups excluding carboxylic acids is 1. The van der Waals surface area contributed by atoms with Crippen molar-refractivity contribution in [3.8, 4) is 0 Å². The van der Waals surface area contributed by atoms with Gasteiger partial charge in [0.15, 0.2) is 18.9 Å². The average Bonchev–Trinajstić information content (AvgIpc) is 3.35. The Bertz CT molecular complexity index is 1300. The van der Waals surface area contributed by atoms with Crippen LogP contribution in [-0.4, -0.2) is 193 Å². The van der Waals surface area contributed by atoms with Crippen molar-refractivity contribution in [3.05, 3.63) is 0 Å². The fourth-order valence-electron chi connectivity index (χ4n) is 9.61. The SMILES string of the molecule is CCCCCCCCCCCCCCCCCC(=O)NC(COC1OC(CO)C(OC2OC(CO)C(OC3OC(CO)C(O)C(O)C3O)C(O)C2O)C(O)C1O)C(O)CCCCCCCCCCCC. The summed E-state index contributed by atoms with van der Waals surface area (Å²) in [7, 11) is 0. The maximum Gasteiger partial charge on any atom is 0.220 e. The zero-order chi connectivity index (χ0) is 51.3. The summed E-state index contributed by atoms with van der Waals surface area (Å²) < 4.78 is 34.2. The maximum atomic E-state index is 13.2. The first-order valence-corrected chi connectivity index (χ1v) is 27.3. The van der Waals surface area contributed by atoms with Crippen molar-refractivity contribution < 1.29 is 89.4 Å². The summed E-state index contributed by atoms with van der Waals surface area (Å²) in [5.41, 5.74) is 0. The van der Waals surface area contributed by atoms with Crippen molar-refractivity contribution >= 4 is 5.91 Å². The number of amides is 1. The number of aliphatic hydroxyl groups excluding tert-OH is 11. The molecule has 17 unspecified atom stereocenters. The second kappa shape index (κ2) is 36.7. The molecule has 3 aliphatic heterocycles. The lowest BCUT2D eigenvalue weighted by Gasteiger charge is -2.48. The van der Waals surface area contributed by atoms with E-state index in [0.29, 0.717) is 12.8 Å². The highest BCUT2D eigenvalue weighted by atomic mass is 16.8. The third-order valence-electron chi connectivity index (χ3n) is 14.2. The number of ether oxygens (including phenoxy) is 6. The van der Waals surface area contributed by atoms with Gasteiger partial charge in [0.1, 0.15) is 73.2 Å². The van der Waals surface area contributed by atoms with E-state index < -0.39 is 124 Å². The van der Waals surface area contributed by atoms with Crippen LogP contribution in [0.2, 0.25) is 0 Å². The molecule has 0 radical (unpaired) electrons. The van der Waals surface area contributed by atoms with Crippen LogP contribution in [0.4, 0.5) is 0 Å². The minimum Gasteiger partial charge on any atom is -0.394 e. The van der Waals surface area contributed by atoms with Gasteiger partial charge < -0.3 is 89.9 Å². The van der Waals surface area contributed by atoms with Gasteiger partial charge in [-0.15, -0.1) is 0 Å². The topological polar surface area (TPSA) is 307 Å². The monoisotopic (exact) mass is 1010 g/mol. The molecule has 0 bridgehead atoms. The van der Waals surface area contributed by atoms with E-state index in [1.165, 1.54) is 109 Å². The number of hydrogen-bond donors (Lipinski definition) is 12. The van der Waals surface area contributed by atoms with Crippen molar-refractivity contribution in [2.24, 2.45) is 0 Å². The van der Waals surface area contributed by atoms with Crippen molar-refractivity contribution in [1.82, 2.24) is 5.32 Å². The molecule has 1 amide bonds. The lowest BCUT2D eigenvalue weighted by Crippen LogP contribution is -2.66. The lowest BCUT2D eigenvalue weighted by atomic mass is 9.96. The van der Waals surface area contributed by atoms with Crippen LogP contribution in [0, 0.1) is 0 Å². The number of hydrogen-bond acceptors (Lipinski definition) is 18. The number of aliphatic hydroxyl groups is 11. The van der Waals surface area contributed by atoms with E-state index in [4.69, 9.17) is 28.4 Å². The molecule has 0 aliphatic carbocycles. The minimum atomic E-state index is -1.97. The number of rotatable bonds is 39. The van der Waals surface area contributed by atoms with E-state index in [9.17, 15) is 61.0 Å². The highest BCUT2D eigenvalue weighted by molar-refractivity contribution is 5.76. The summed E-state index contributed by atoms with van der Waals surface area (Å²) >= 11 is 0. The third-order valence-corrected chi connectivity index (χ3v) is 14.2. The molecule has 3 aliphatic rings. The zero-order valence-corrected chi connectivity index (χ0v) is 42.5. The Morgan fingerprint density at radius 1 is 0.457 bits per heavy atom. The number of carbonyl (C=O) groups is 1. The molecule has 3 fully saturated rings. The quantitative estimate of drug-likeness (QED) is 0.0394. The molecule has 3 rings (SSSR count). The predicted octanol–water partition coefficient (Wildman–Crippen LogP) is 2.87. The smallest absolute Gasteiger partial charge is 0.220 e. The number of nitrogens with one attached hydrogen (secondary N) is 1. The Labute approximate surface area is 417 Å². The molecule has 3 heterocycles. The Balaban J connectivity index is 1.52. The highest BCUT2D eigenvalue weighted by Crippen LogP contribution is 2.33. The largest absolute Gasteiger partial charge is 0.394 e. The molecule has 414 valence electrons. The average molecular weight is 1010 g/mol. The van der Waals surface area contributed by atoms with Gasteiger partial charge in [0.25, 0.3) is 0 Å². The zero-order valence-electron chi connectivity index (χ0n) is 42.5. The summed E-state index contributed by atoms with van der Waals surface area (Å²) in [6, 6.07) is -0.877. The first-order valence-electron chi connectivity index (χ1n) is 27.3. The molecule has 0 saturated carbocycles. The van der Waals surface area contributed by atoms with Crippen LogP contribution in [0.3, 0.4) is 0 Å². The third kappa shape index (κ3) is 21.9. The van der Waals surface area contributed by atoms with Gasteiger partial charge in [0.05, 0.1) is 38.6 Å². The van der Waals surface area contributed by atoms with E-state index in [0.717, 1.165) is 44.9 Å². The van der Waals surface area contributed by atoms with E-state index in [2.05, 4.69) is 19.2 Å². The van der Waals surface area contributed by atoms with Crippen molar-refractivity contribution in [1.29, 1.82) is 0 Å². The minimum absolute atomic E-state index is 0.243. The van der Waals surface area contributed by atoms with Gasteiger partial charge in [0.2, 0.25) is 5.91 Å². The summed E-state index contributed by atoms with van der Waals surface area (Å²) in [6.07, 6.45) is 3.53. The molecule has 70 heavy (non-hydrogen) atoms. The van der Waals surface area contributed by atoms with Crippen LogP contribution in [0.15, 0.2) is 0 Å². The Hall–Kier alpha value is -1.21. The van der Waals surface area contributed by atoms with Crippen LogP contribution in [0.25, 0.3) is 0 Å². The fraction of sp³-hybridized carbons (Fsp3) is 0.980. The summed E-state index contributed by atoms with van der Waals surface area (Å²) in [5, 5.41) is 120. The summed E-state index contributed by atoms with van der Waals surface area (Å²) in [6.45, 7) is 1.75. The van der Waals surface area contributed by atoms with Gasteiger partial charge in [-0.2, -0.15) is 0 Å². The van der Waals surface area contributed by atoms with Gasteiger partial charge in [-0.1, -0.05) is 168 Å². The van der Waals surface area contributed by atoms with Gasteiger partial charge in [-0.05, 0) is 12.8 Å². The summed E-state index contributed by atoms with van der Waals surface area (Å²) in [5.74, 6) is -0.243. The van der Waals surface area contributed by atoms with Gasteiger partial charge in [-0.25, -0.2) is 0 Å². The van der Waals surface area contributed by atoms with Crippen LogP contribution in [0.1, 0.15) is 187 Å². The van der Waals surface area contributed by atoms with Crippen LogP contribution in [0.5, 0.6) is 0 Å². The van der Waals surface area contributed by atoms with Crippen molar-refractivity contribution in [2.75, 3.05) is 26.4 Å². The molecule has 0 aromatic rings. The molecule has 0 spiro atoms. The molecule has 0 aromatic carbocycles. The van der Waals surface area contributed by atoms with Crippen LogP contribution in [-0.2, 0) is 33.2 Å². The van der Waals surface area contributed by atoms with Gasteiger partial charge >= 0.3 is 0 Å². The normalized spacial score (nSPS) is 32.5. The summed E-state index contributed by atoms with van der Waals surface area (Å²) in [4.78, 5) is 13.2. The van der Waals surface area contributed by atoms with E-state index >= 15 is 0 Å². The van der Waals surface area contributed by atoms with E-state index in [-0.39, 0.29) is 18.9 Å². The highest BCUT2D eigenvalue weighted by Gasteiger charge is 2.53. The molecular formula is C51H97NO18. The molecular weight excluding hydrogens is 915 g/mol. The van der Waals surface area contributed by atoms with Gasteiger partial charge in [-0.3, -0.25) is 4.79 Å². The standard InChI is InChI=1S/C51H97NO18/c1-3-5-7-9-11-13-15-16-17-18-19-21-23-25-27-29-39(57)52-34(35(56)28-26-24-22-20-14-12-10-8-6-4-2)33-65-49-45(63)42(60)47(37(31-54)67-49)70-51-46(64)43(61)48(38(32-55)68-51)69-50-44(62)41(59)40(58)36(30-53)66-50/h34-38,40-51,53-56,58-64H,3-33H2,1-2H3,(H,52,57). The molecule has 19 nitrogen and oxygen atoms in total. The molecule has 12 N–H and O–H groups in total. The maximum absolute atomic E-state index is 13.2. The first kappa shape index (κ1) is 63.1. The van der Waals surface area contributed by atoms with E-state index in [1.807, 2.05) is 0 Å².